The Morgan fingerprint density at radius 1 is 1.39 bits per heavy atom. The highest BCUT2D eigenvalue weighted by atomic mass is 32.1. The van der Waals surface area contributed by atoms with Gasteiger partial charge in [-0.15, -0.1) is 11.3 Å². The summed E-state index contributed by atoms with van der Waals surface area (Å²) in [5, 5.41) is 5.67. The van der Waals surface area contributed by atoms with E-state index in [-0.39, 0.29) is 11.6 Å². The summed E-state index contributed by atoms with van der Waals surface area (Å²) in [5.74, 6) is 0.469. The van der Waals surface area contributed by atoms with Crippen molar-refractivity contribution in [2.24, 2.45) is 0 Å². The molecule has 1 atom stereocenters. The minimum absolute atomic E-state index is 0.0338. The Bertz CT molecular complexity index is 819. The summed E-state index contributed by atoms with van der Waals surface area (Å²) in [5.41, 5.74) is 0.797. The van der Waals surface area contributed by atoms with Crippen molar-refractivity contribution in [3.63, 3.8) is 0 Å². The number of likely N-dealkylation sites (tertiary alicyclic amines) is 1. The van der Waals surface area contributed by atoms with E-state index in [4.69, 9.17) is 4.74 Å². The van der Waals surface area contributed by atoms with Crippen molar-refractivity contribution < 1.29 is 4.74 Å². The third kappa shape index (κ3) is 5.18. The summed E-state index contributed by atoms with van der Waals surface area (Å²) in [4.78, 5) is 22.9. The van der Waals surface area contributed by atoms with Crippen LogP contribution in [-0.2, 0) is 11.3 Å². The van der Waals surface area contributed by atoms with Crippen LogP contribution in [0, 0.1) is 0 Å². The van der Waals surface area contributed by atoms with Crippen LogP contribution in [0.25, 0.3) is 0 Å². The van der Waals surface area contributed by atoms with Gasteiger partial charge in [0.1, 0.15) is 0 Å². The van der Waals surface area contributed by atoms with Crippen molar-refractivity contribution in [1.82, 2.24) is 19.7 Å². The van der Waals surface area contributed by atoms with Gasteiger partial charge in [0.05, 0.1) is 29.5 Å². The van der Waals surface area contributed by atoms with Crippen molar-refractivity contribution in [3.05, 3.63) is 38.7 Å². The maximum Gasteiger partial charge on any atom is 0.269 e. The smallest absolute Gasteiger partial charge is 0.269 e. The first-order chi connectivity index (χ1) is 13.5. The van der Waals surface area contributed by atoms with Crippen LogP contribution in [-0.4, -0.2) is 60.1 Å². The van der Waals surface area contributed by atoms with Gasteiger partial charge in [-0.1, -0.05) is 13.8 Å². The number of hydrogen-bond donors (Lipinski definition) is 0. The first kappa shape index (κ1) is 21.0. The molecule has 2 aromatic rings. The number of piperidine rings is 1. The topological polar surface area (TPSA) is 63.5 Å². The van der Waals surface area contributed by atoms with Gasteiger partial charge in [-0.3, -0.25) is 9.69 Å². The molecule has 1 aliphatic heterocycles. The fraction of sp³-hybridized carbons (Fsp3) is 0.650. The summed E-state index contributed by atoms with van der Waals surface area (Å²) < 4.78 is 6.76. The molecule has 7 nitrogen and oxygen atoms in total. The third-order valence-corrected chi connectivity index (χ3v) is 6.44. The molecule has 1 saturated heterocycles. The summed E-state index contributed by atoms with van der Waals surface area (Å²) in [6, 6.07) is 1.80. The third-order valence-electron chi connectivity index (χ3n) is 5.15. The zero-order chi connectivity index (χ0) is 20.1. The fourth-order valence-corrected chi connectivity index (χ4v) is 4.47. The number of ether oxygens (including phenoxy) is 1. The first-order valence-electron chi connectivity index (χ1n) is 9.93. The molecule has 28 heavy (non-hydrogen) atoms. The lowest BCUT2D eigenvalue weighted by Gasteiger charge is -2.32. The average molecular weight is 406 g/mol. The predicted molar refractivity (Wildman–Crippen MR) is 113 cm³/mol. The molecule has 0 radical (unpaired) electrons. The Morgan fingerprint density at radius 2 is 2.21 bits per heavy atom. The Balaban J connectivity index is 1.65. The van der Waals surface area contributed by atoms with E-state index in [1.54, 1.807) is 35.4 Å². The molecule has 0 amide bonds. The molecule has 0 saturated carbocycles. The molecule has 0 spiro atoms. The van der Waals surface area contributed by atoms with E-state index in [1.165, 1.54) is 9.88 Å². The predicted octanol–water partition coefficient (Wildman–Crippen LogP) is 2.74. The van der Waals surface area contributed by atoms with E-state index in [0.29, 0.717) is 12.5 Å². The number of nitrogens with zero attached hydrogens (tertiary/aromatic N) is 5. The molecule has 2 aromatic heterocycles. The van der Waals surface area contributed by atoms with Crippen LogP contribution in [0.4, 0.5) is 5.69 Å². The Labute approximate surface area is 170 Å². The van der Waals surface area contributed by atoms with Gasteiger partial charge in [-0.2, -0.15) is 5.10 Å². The van der Waals surface area contributed by atoms with Gasteiger partial charge in [0.15, 0.2) is 0 Å². The molecule has 1 fully saturated rings. The molecule has 3 heterocycles. The van der Waals surface area contributed by atoms with Crippen molar-refractivity contribution >= 4 is 17.0 Å². The van der Waals surface area contributed by atoms with Gasteiger partial charge < -0.3 is 9.64 Å². The number of likely N-dealkylation sites (N-methyl/N-ethyl adjacent to an activating group) is 1. The second-order valence-corrected chi connectivity index (χ2v) is 8.91. The van der Waals surface area contributed by atoms with Crippen molar-refractivity contribution in [1.29, 1.82) is 0 Å². The molecule has 1 aliphatic rings. The highest BCUT2D eigenvalue weighted by Gasteiger charge is 2.24. The second kappa shape index (κ2) is 9.62. The number of thiazole rings is 1. The number of methoxy groups -OCH3 is 1. The summed E-state index contributed by atoms with van der Waals surface area (Å²) in [7, 11) is 3.62. The molecule has 0 bridgehead atoms. The van der Waals surface area contributed by atoms with E-state index >= 15 is 0 Å². The SMILES string of the molecule is COCCN(C)c1cnn([C@@H]2CCCN(Cc3cnc(C(C)C)s3)C2)c(=O)c1. The molecule has 3 rings (SSSR count). The van der Waals surface area contributed by atoms with Crippen LogP contribution in [0.5, 0.6) is 0 Å². The van der Waals surface area contributed by atoms with Crippen LogP contribution in [0.15, 0.2) is 23.3 Å². The van der Waals surface area contributed by atoms with Crippen LogP contribution in [0.2, 0.25) is 0 Å². The highest BCUT2D eigenvalue weighted by molar-refractivity contribution is 7.11. The maximum atomic E-state index is 12.7. The van der Waals surface area contributed by atoms with Gasteiger partial charge in [-0.25, -0.2) is 9.67 Å². The number of hydrogen-bond acceptors (Lipinski definition) is 7. The van der Waals surface area contributed by atoms with Crippen molar-refractivity contribution in [2.45, 2.75) is 45.2 Å². The maximum absolute atomic E-state index is 12.7. The van der Waals surface area contributed by atoms with Gasteiger partial charge in [0.2, 0.25) is 0 Å². The number of rotatable bonds is 8. The van der Waals surface area contributed by atoms with Crippen molar-refractivity contribution in [3.8, 4) is 0 Å². The minimum atomic E-state index is -0.0338. The quantitative estimate of drug-likeness (QED) is 0.673. The van der Waals surface area contributed by atoms with E-state index in [1.807, 2.05) is 18.1 Å². The highest BCUT2D eigenvalue weighted by Crippen LogP contribution is 2.25. The molecule has 0 N–H and O–H groups in total. The van der Waals surface area contributed by atoms with Crippen LogP contribution in [0.3, 0.4) is 0 Å². The van der Waals surface area contributed by atoms with Gasteiger partial charge in [-0.05, 0) is 19.4 Å². The largest absolute Gasteiger partial charge is 0.383 e. The molecule has 0 aliphatic carbocycles. The second-order valence-electron chi connectivity index (χ2n) is 7.76. The van der Waals surface area contributed by atoms with Crippen LogP contribution >= 0.6 is 11.3 Å². The number of aromatic nitrogens is 3. The van der Waals surface area contributed by atoms with Gasteiger partial charge in [0.25, 0.3) is 5.56 Å². The normalized spacial score (nSPS) is 18.0. The Morgan fingerprint density at radius 3 is 2.89 bits per heavy atom. The van der Waals surface area contributed by atoms with E-state index in [2.05, 4.69) is 28.8 Å². The average Bonchev–Trinajstić information content (AvgIpc) is 3.15. The van der Waals surface area contributed by atoms with E-state index < -0.39 is 0 Å². The molecule has 8 heteroatoms. The zero-order valence-corrected chi connectivity index (χ0v) is 18.1. The summed E-state index contributed by atoms with van der Waals surface area (Å²) >= 11 is 1.79. The first-order valence-corrected chi connectivity index (χ1v) is 10.8. The van der Waals surface area contributed by atoms with Crippen LogP contribution in [0.1, 0.15) is 48.5 Å². The van der Waals surface area contributed by atoms with Gasteiger partial charge in [0, 0.05) is 56.9 Å². The Hall–Kier alpha value is -1.77. The fourth-order valence-electron chi connectivity index (χ4n) is 3.51. The monoisotopic (exact) mass is 405 g/mol. The minimum Gasteiger partial charge on any atom is -0.383 e. The molecular weight excluding hydrogens is 374 g/mol. The summed E-state index contributed by atoms with van der Waals surface area (Å²) in [6.45, 7) is 8.49. The number of anilines is 1. The molecule has 0 aromatic carbocycles. The summed E-state index contributed by atoms with van der Waals surface area (Å²) in [6.07, 6.45) is 5.85. The lowest BCUT2D eigenvalue weighted by atomic mass is 10.1. The Kier molecular flexibility index (Phi) is 7.20. The molecular formula is C20H31N5O2S. The van der Waals surface area contributed by atoms with E-state index in [9.17, 15) is 4.79 Å². The molecule has 0 unspecified atom stereocenters. The van der Waals surface area contributed by atoms with Crippen LogP contribution < -0.4 is 10.5 Å². The van der Waals surface area contributed by atoms with E-state index in [0.717, 1.165) is 44.7 Å². The van der Waals surface area contributed by atoms with Crippen molar-refractivity contribution in [2.75, 3.05) is 45.3 Å². The zero-order valence-electron chi connectivity index (χ0n) is 17.3. The molecule has 154 valence electrons. The van der Waals surface area contributed by atoms with Gasteiger partial charge >= 0.3 is 0 Å². The lowest BCUT2D eigenvalue weighted by Crippen LogP contribution is -2.40. The lowest BCUT2D eigenvalue weighted by molar-refractivity contribution is 0.161. The standard InChI is InChI=1S/C20H31N5O2S/c1-15(2)20-21-12-18(28-20)14-24-7-5-6-16(13-24)25-19(26)10-17(11-22-25)23(3)8-9-27-4/h10-12,15-16H,5-9,13-14H2,1-4H3/t16-/m1/s1.